The molecule has 7 nitrogen and oxygen atoms in total. The Morgan fingerprint density at radius 1 is 1.16 bits per heavy atom. The molecule has 2 aromatic rings. The van der Waals surface area contributed by atoms with E-state index in [4.69, 9.17) is 9.90 Å². The molecule has 0 spiro atoms. The first-order chi connectivity index (χ1) is 14.6. The molecule has 31 heavy (non-hydrogen) atoms. The second-order valence-electron chi connectivity index (χ2n) is 7.14. The molecule has 10 heteroatoms. The second-order valence-corrected chi connectivity index (χ2v) is 7.14. The topological polar surface area (TPSA) is 94.6 Å². The van der Waals surface area contributed by atoms with Crippen LogP contribution in [0.3, 0.4) is 0 Å². The first-order valence-corrected chi connectivity index (χ1v) is 9.71. The number of carbonyl (C=O) groups excluding carboxylic acids is 1. The number of aromatic nitrogens is 1. The van der Waals surface area contributed by atoms with Crippen LogP contribution in [0, 0.1) is 0 Å². The fourth-order valence-corrected chi connectivity index (χ4v) is 3.00. The van der Waals surface area contributed by atoms with E-state index in [-0.39, 0.29) is 5.91 Å². The molecule has 1 aromatic heterocycles. The van der Waals surface area contributed by atoms with Gasteiger partial charge in [0.2, 0.25) is 0 Å². The zero-order chi connectivity index (χ0) is 23.0. The minimum absolute atomic E-state index is 0.107. The van der Waals surface area contributed by atoms with Gasteiger partial charge in [-0.1, -0.05) is 32.0 Å². The summed E-state index contributed by atoms with van der Waals surface area (Å²) < 4.78 is 31.7. The van der Waals surface area contributed by atoms with Crippen LogP contribution in [0.1, 0.15) is 35.7 Å². The van der Waals surface area contributed by atoms with Gasteiger partial charge in [-0.25, -0.2) is 9.78 Å². The molecular weight excluding hydrogens is 413 g/mol. The monoisotopic (exact) mass is 438 g/mol. The maximum atomic E-state index is 12.7. The Morgan fingerprint density at radius 2 is 1.77 bits per heavy atom. The lowest BCUT2D eigenvalue weighted by Crippen LogP contribution is -2.43. The molecule has 1 aliphatic heterocycles. The Kier molecular flexibility index (Phi) is 8.38. The van der Waals surface area contributed by atoms with Crippen LogP contribution < -0.4 is 15.5 Å². The van der Waals surface area contributed by atoms with Crippen molar-refractivity contribution in [1.82, 2.24) is 10.3 Å². The number of carboxylic acid groups (broad SMARTS) is 1. The Bertz CT molecular complexity index is 897. The van der Waals surface area contributed by atoms with Crippen molar-refractivity contribution in [3.8, 4) is 0 Å². The van der Waals surface area contributed by atoms with E-state index in [1.54, 1.807) is 6.20 Å². The number of benzene rings is 1. The van der Waals surface area contributed by atoms with Gasteiger partial charge in [0.05, 0.1) is 0 Å². The van der Waals surface area contributed by atoms with Crippen LogP contribution in [0.25, 0.3) is 0 Å². The second kappa shape index (κ2) is 10.8. The maximum Gasteiger partial charge on any atom is 0.490 e. The summed E-state index contributed by atoms with van der Waals surface area (Å²) in [5.41, 5.74) is 2.86. The predicted octanol–water partition coefficient (Wildman–Crippen LogP) is 3.50. The molecule has 0 atom stereocenters. The lowest BCUT2D eigenvalue weighted by Gasteiger charge is -2.29. The number of hydrogen-bond donors (Lipinski definition) is 3. The zero-order valence-corrected chi connectivity index (χ0v) is 17.2. The van der Waals surface area contributed by atoms with Crippen molar-refractivity contribution in [2.45, 2.75) is 25.9 Å². The van der Waals surface area contributed by atoms with Crippen LogP contribution in [0.2, 0.25) is 0 Å². The lowest BCUT2D eigenvalue weighted by atomic mass is 9.97. The number of carbonyl (C=O) groups is 2. The number of hydrogen-bond acceptors (Lipinski definition) is 5. The minimum Gasteiger partial charge on any atom is -0.475 e. The first-order valence-electron chi connectivity index (χ1n) is 9.71. The summed E-state index contributed by atoms with van der Waals surface area (Å²) in [7, 11) is 0. The summed E-state index contributed by atoms with van der Waals surface area (Å²) in [5.74, 6) is -1.97. The Morgan fingerprint density at radius 3 is 2.35 bits per heavy atom. The van der Waals surface area contributed by atoms with E-state index in [0.717, 1.165) is 37.4 Å². The molecule has 0 bridgehead atoms. The highest BCUT2D eigenvalue weighted by Gasteiger charge is 2.38. The van der Waals surface area contributed by atoms with Crippen molar-refractivity contribution >= 4 is 23.4 Å². The van der Waals surface area contributed by atoms with Gasteiger partial charge in [-0.15, -0.1) is 0 Å². The van der Waals surface area contributed by atoms with E-state index in [1.165, 1.54) is 0 Å². The van der Waals surface area contributed by atoms with Gasteiger partial charge in [-0.2, -0.15) is 13.2 Å². The third kappa shape index (κ3) is 7.25. The number of pyridine rings is 1. The van der Waals surface area contributed by atoms with Crippen LogP contribution in [-0.4, -0.2) is 54.3 Å². The average Bonchev–Trinajstić information content (AvgIpc) is 2.74. The summed E-state index contributed by atoms with van der Waals surface area (Å²) in [5, 5.41) is 13.4. The maximum absolute atomic E-state index is 12.7. The largest absolute Gasteiger partial charge is 0.490 e. The summed E-state index contributed by atoms with van der Waals surface area (Å²) in [6, 6.07) is 11.7. The van der Waals surface area contributed by atoms with Crippen LogP contribution in [-0.2, 0) is 4.79 Å². The molecule has 1 saturated heterocycles. The highest BCUT2D eigenvalue weighted by Crippen LogP contribution is 2.22. The number of aliphatic carboxylic acids is 1. The molecule has 0 unspecified atom stereocenters. The van der Waals surface area contributed by atoms with Gasteiger partial charge in [0, 0.05) is 49.7 Å². The Balaban J connectivity index is 0.000000423. The molecule has 1 fully saturated rings. The van der Waals surface area contributed by atoms with Crippen molar-refractivity contribution < 1.29 is 27.9 Å². The van der Waals surface area contributed by atoms with Gasteiger partial charge in [0.1, 0.15) is 5.82 Å². The Hall–Kier alpha value is -3.14. The number of alkyl halides is 3. The van der Waals surface area contributed by atoms with Crippen molar-refractivity contribution in [2.75, 3.05) is 36.4 Å². The summed E-state index contributed by atoms with van der Waals surface area (Å²) in [6.07, 6.45) is -3.33. The molecule has 0 radical (unpaired) electrons. The van der Waals surface area contributed by atoms with Gasteiger partial charge >= 0.3 is 12.1 Å². The molecule has 1 aliphatic rings. The molecule has 1 aromatic carbocycles. The number of nitrogens with zero attached hydrogens (tertiary/aromatic N) is 2. The third-order valence-electron chi connectivity index (χ3n) is 4.54. The number of amides is 1. The molecular formula is C21H25F3N4O3. The van der Waals surface area contributed by atoms with Crippen LogP contribution in [0.15, 0.2) is 42.6 Å². The fourth-order valence-electron chi connectivity index (χ4n) is 3.00. The zero-order valence-electron chi connectivity index (χ0n) is 17.2. The fraction of sp³-hybridized carbons (Fsp3) is 0.381. The van der Waals surface area contributed by atoms with Crippen molar-refractivity contribution in [3.05, 3.63) is 53.7 Å². The minimum atomic E-state index is -5.08. The van der Waals surface area contributed by atoms with Crippen molar-refractivity contribution in [2.24, 2.45) is 0 Å². The standard InChI is InChI=1S/C19H24N4O.C2HF3O2/c1-14(2)16-5-3-4-6-17(16)19(24)22-18-13-15(7-8-21-18)23-11-9-20-10-12-23;3-2(4,5)1(6)7/h3-8,13-14,20H,9-12H2,1-2H3,(H,21,22,24);(H,6,7). The number of carboxylic acids is 1. The lowest BCUT2D eigenvalue weighted by molar-refractivity contribution is -0.192. The number of piperazine rings is 1. The quantitative estimate of drug-likeness (QED) is 0.677. The molecule has 0 aliphatic carbocycles. The molecule has 0 saturated carbocycles. The summed E-state index contributed by atoms with van der Waals surface area (Å²) in [6.45, 7) is 8.07. The number of rotatable bonds is 4. The van der Waals surface area contributed by atoms with E-state index in [9.17, 15) is 18.0 Å². The molecule has 2 heterocycles. The number of nitrogens with one attached hydrogen (secondary N) is 2. The first kappa shape index (κ1) is 24.1. The van der Waals surface area contributed by atoms with E-state index in [2.05, 4.69) is 34.4 Å². The molecule has 3 rings (SSSR count). The van der Waals surface area contributed by atoms with Crippen LogP contribution >= 0.6 is 0 Å². The average molecular weight is 438 g/mol. The van der Waals surface area contributed by atoms with Crippen molar-refractivity contribution in [1.29, 1.82) is 0 Å². The summed E-state index contributed by atoms with van der Waals surface area (Å²) in [4.78, 5) is 28.1. The third-order valence-corrected chi connectivity index (χ3v) is 4.54. The molecule has 168 valence electrons. The van der Waals surface area contributed by atoms with E-state index in [1.807, 2.05) is 36.4 Å². The highest BCUT2D eigenvalue weighted by atomic mass is 19.4. The highest BCUT2D eigenvalue weighted by molar-refractivity contribution is 6.05. The van der Waals surface area contributed by atoms with E-state index < -0.39 is 12.1 Å². The van der Waals surface area contributed by atoms with Gasteiger partial charge < -0.3 is 20.6 Å². The smallest absolute Gasteiger partial charge is 0.475 e. The molecule has 1 amide bonds. The van der Waals surface area contributed by atoms with Gasteiger partial charge in [0.25, 0.3) is 5.91 Å². The van der Waals surface area contributed by atoms with Crippen LogP contribution in [0.5, 0.6) is 0 Å². The van der Waals surface area contributed by atoms with Gasteiger partial charge in [-0.05, 0) is 23.6 Å². The van der Waals surface area contributed by atoms with Gasteiger partial charge in [-0.3, -0.25) is 4.79 Å². The van der Waals surface area contributed by atoms with Crippen molar-refractivity contribution in [3.63, 3.8) is 0 Å². The predicted molar refractivity (Wildman–Crippen MR) is 111 cm³/mol. The number of halogens is 3. The van der Waals surface area contributed by atoms with Gasteiger partial charge in [0.15, 0.2) is 0 Å². The summed E-state index contributed by atoms with van der Waals surface area (Å²) >= 11 is 0. The normalized spacial score (nSPS) is 13.9. The van der Waals surface area contributed by atoms with Crippen LogP contribution in [0.4, 0.5) is 24.7 Å². The van der Waals surface area contributed by atoms with E-state index >= 15 is 0 Å². The molecule has 3 N–H and O–H groups in total. The SMILES string of the molecule is CC(C)c1ccccc1C(=O)Nc1cc(N2CCNCC2)ccn1.O=C(O)C(F)(F)F. The Labute approximate surface area is 178 Å². The van der Waals surface area contributed by atoms with E-state index in [0.29, 0.717) is 17.3 Å². The number of anilines is 2.